The van der Waals surface area contributed by atoms with E-state index in [4.69, 9.17) is 14.2 Å². The third kappa shape index (κ3) is 5.32. The Morgan fingerprint density at radius 3 is 2.42 bits per heavy atom. The number of hydrogen-bond donors (Lipinski definition) is 1. The van der Waals surface area contributed by atoms with Crippen LogP contribution in [-0.2, 0) is 19.1 Å². The van der Waals surface area contributed by atoms with Crippen LogP contribution in [0.1, 0.15) is 19.4 Å². The molecule has 1 heterocycles. The summed E-state index contributed by atoms with van der Waals surface area (Å²) < 4.78 is 15.5. The highest BCUT2D eigenvalue weighted by Crippen LogP contribution is 2.29. The SMILES string of the molecule is COc1cc(C=C(NC(C)=O)C(=O)N2CCOCC2)ccc1OC(C)=O. The first-order chi connectivity index (χ1) is 12.4. The fourth-order valence-electron chi connectivity index (χ4n) is 2.46. The van der Waals surface area contributed by atoms with Crippen LogP contribution in [0.4, 0.5) is 0 Å². The molecule has 0 spiro atoms. The van der Waals surface area contributed by atoms with Gasteiger partial charge in [0, 0.05) is 26.9 Å². The largest absolute Gasteiger partial charge is 0.493 e. The molecular formula is C18H22N2O6. The number of nitrogens with one attached hydrogen (secondary N) is 1. The molecule has 1 aromatic carbocycles. The molecule has 0 aliphatic carbocycles. The Kier molecular flexibility index (Phi) is 6.74. The minimum absolute atomic E-state index is 0.154. The zero-order valence-electron chi connectivity index (χ0n) is 15.0. The van der Waals surface area contributed by atoms with Crippen molar-refractivity contribution in [2.75, 3.05) is 33.4 Å². The molecule has 2 amide bonds. The predicted molar refractivity (Wildman–Crippen MR) is 93.5 cm³/mol. The molecule has 0 bridgehead atoms. The van der Waals surface area contributed by atoms with Crippen molar-refractivity contribution in [1.29, 1.82) is 0 Å². The molecule has 8 heteroatoms. The van der Waals surface area contributed by atoms with Crippen LogP contribution in [0.15, 0.2) is 23.9 Å². The number of esters is 1. The Labute approximate surface area is 151 Å². The second kappa shape index (κ2) is 9.00. The molecule has 0 saturated carbocycles. The molecule has 1 fully saturated rings. The zero-order valence-corrected chi connectivity index (χ0v) is 15.0. The maximum Gasteiger partial charge on any atom is 0.308 e. The summed E-state index contributed by atoms with van der Waals surface area (Å²) in [6.45, 7) is 4.48. The van der Waals surface area contributed by atoms with Crippen molar-refractivity contribution in [1.82, 2.24) is 10.2 Å². The summed E-state index contributed by atoms with van der Waals surface area (Å²) in [6, 6.07) is 4.85. The lowest BCUT2D eigenvalue weighted by Crippen LogP contribution is -2.44. The van der Waals surface area contributed by atoms with Gasteiger partial charge in [0.05, 0.1) is 20.3 Å². The Morgan fingerprint density at radius 1 is 1.15 bits per heavy atom. The van der Waals surface area contributed by atoms with Crippen molar-refractivity contribution >= 4 is 23.9 Å². The zero-order chi connectivity index (χ0) is 19.1. The maximum atomic E-state index is 12.7. The van der Waals surface area contributed by atoms with E-state index in [9.17, 15) is 14.4 Å². The van der Waals surface area contributed by atoms with Crippen molar-refractivity contribution in [2.24, 2.45) is 0 Å². The Morgan fingerprint density at radius 2 is 1.85 bits per heavy atom. The molecule has 1 aliphatic heterocycles. The summed E-state index contributed by atoms with van der Waals surface area (Å²) in [5, 5.41) is 2.57. The second-order valence-corrected chi connectivity index (χ2v) is 5.65. The summed E-state index contributed by atoms with van der Waals surface area (Å²) in [7, 11) is 1.45. The fraction of sp³-hybridized carbons (Fsp3) is 0.389. The van der Waals surface area contributed by atoms with E-state index in [0.29, 0.717) is 37.6 Å². The Hall–Kier alpha value is -2.87. The van der Waals surface area contributed by atoms with Gasteiger partial charge in [0.2, 0.25) is 5.91 Å². The molecule has 8 nitrogen and oxygen atoms in total. The van der Waals surface area contributed by atoms with Gasteiger partial charge in [-0.15, -0.1) is 0 Å². The first-order valence-corrected chi connectivity index (χ1v) is 8.13. The lowest BCUT2D eigenvalue weighted by atomic mass is 10.1. The normalized spacial score (nSPS) is 14.6. The van der Waals surface area contributed by atoms with E-state index in [1.54, 1.807) is 29.2 Å². The molecule has 1 saturated heterocycles. The van der Waals surface area contributed by atoms with Crippen LogP contribution < -0.4 is 14.8 Å². The molecule has 0 atom stereocenters. The lowest BCUT2D eigenvalue weighted by molar-refractivity contribution is -0.133. The number of amides is 2. The number of rotatable bonds is 5. The smallest absolute Gasteiger partial charge is 0.308 e. The molecule has 2 rings (SSSR count). The lowest BCUT2D eigenvalue weighted by Gasteiger charge is -2.27. The standard InChI is InChI=1S/C18H22N2O6/c1-12(21)19-15(18(23)20-6-8-25-9-7-20)10-14-4-5-16(26-13(2)22)17(11-14)24-3/h4-5,10-11H,6-9H2,1-3H3,(H,19,21). The van der Waals surface area contributed by atoms with Gasteiger partial charge in [-0.1, -0.05) is 6.07 Å². The third-order valence-electron chi connectivity index (χ3n) is 3.59. The van der Waals surface area contributed by atoms with Gasteiger partial charge in [-0.2, -0.15) is 0 Å². The quantitative estimate of drug-likeness (QED) is 0.476. The summed E-state index contributed by atoms with van der Waals surface area (Å²) >= 11 is 0. The summed E-state index contributed by atoms with van der Waals surface area (Å²) in [4.78, 5) is 36.9. The van der Waals surface area contributed by atoms with Crippen LogP contribution in [0.3, 0.4) is 0 Å². The number of ether oxygens (including phenoxy) is 3. The highest BCUT2D eigenvalue weighted by atomic mass is 16.6. The van der Waals surface area contributed by atoms with E-state index >= 15 is 0 Å². The molecule has 1 aliphatic rings. The molecule has 1 N–H and O–H groups in total. The van der Waals surface area contributed by atoms with Crippen LogP contribution in [0.5, 0.6) is 11.5 Å². The predicted octanol–water partition coefficient (Wildman–Crippen LogP) is 0.956. The van der Waals surface area contributed by atoms with Crippen LogP contribution in [0.25, 0.3) is 6.08 Å². The molecule has 0 unspecified atom stereocenters. The van der Waals surface area contributed by atoms with E-state index in [-0.39, 0.29) is 23.3 Å². The molecule has 0 radical (unpaired) electrons. The van der Waals surface area contributed by atoms with Gasteiger partial charge in [0.15, 0.2) is 11.5 Å². The average Bonchev–Trinajstić information content (AvgIpc) is 2.61. The van der Waals surface area contributed by atoms with Gasteiger partial charge in [-0.25, -0.2) is 0 Å². The van der Waals surface area contributed by atoms with Gasteiger partial charge in [-0.05, 0) is 23.8 Å². The van der Waals surface area contributed by atoms with Crippen molar-refractivity contribution in [2.45, 2.75) is 13.8 Å². The van der Waals surface area contributed by atoms with Crippen LogP contribution in [0, 0.1) is 0 Å². The number of carbonyl (C=O) groups is 3. The van der Waals surface area contributed by atoms with Gasteiger partial charge < -0.3 is 24.4 Å². The van der Waals surface area contributed by atoms with Crippen LogP contribution in [-0.4, -0.2) is 56.1 Å². The van der Waals surface area contributed by atoms with E-state index < -0.39 is 5.97 Å². The van der Waals surface area contributed by atoms with E-state index in [2.05, 4.69) is 5.32 Å². The Bertz CT molecular complexity index is 722. The van der Waals surface area contributed by atoms with Gasteiger partial charge in [-0.3, -0.25) is 14.4 Å². The molecule has 26 heavy (non-hydrogen) atoms. The van der Waals surface area contributed by atoms with Gasteiger partial charge in [0.1, 0.15) is 5.70 Å². The highest BCUT2D eigenvalue weighted by Gasteiger charge is 2.21. The number of nitrogens with zero attached hydrogens (tertiary/aromatic N) is 1. The van der Waals surface area contributed by atoms with Crippen molar-refractivity contribution < 1.29 is 28.6 Å². The number of carbonyl (C=O) groups excluding carboxylic acids is 3. The number of morpholine rings is 1. The molecule has 1 aromatic rings. The van der Waals surface area contributed by atoms with Crippen molar-refractivity contribution in [3.8, 4) is 11.5 Å². The van der Waals surface area contributed by atoms with Gasteiger partial charge >= 0.3 is 5.97 Å². The topological polar surface area (TPSA) is 94.2 Å². The monoisotopic (exact) mass is 362 g/mol. The number of hydrogen-bond acceptors (Lipinski definition) is 6. The summed E-state index contributed by atoms with van der Waals surface area (Å²) in [5.74, 6) is -0.478. The number of methoxy groups -OCH3 is 1. The fourth-order valence-corrected chi connectivity index (χ4v) is 2.46. The van der Waals surface area contributed by atoms with E-state index in [1.165, 1.54) is 21.0 Å². The summed E-state index contributed by atoms with van der Waals surface area (Å²) in [6.07, 6.45) is 1.55. The Balaban J connectivity index is 2.31. The second-order valence-electron chi connectivity index (χ2n) is 5.65. The molecular weight excluding hydrogens is 340 g/mol. The van der Waals surface area contributed by atoms with Crippen LogP contribution >= 0.6 is 0 Å². The van der Waals surface area contributed by atoms with E-state index in [1.807, 2.05) is 0 Å². The first kappa shape index (κ1) is 19.5. The number of benzene rings is 1. The minimum Gasteiger partial charge on any atom is -0.493 e. The molecule has 140 valence electrons. The molecule has 0 aromatic heterocycles. The maximum absolute atomic E-state index is 12.7. The van der Waals surface area contributed by atoms with Crippen molar-refractivity contribution in [3.05, 3.63) is 29.5 Å². The first-order valence-electron chi connectivity index (χ1n) is 8.13. The van der Waals surface area contributed by atoms with Crippen LogP contribution in [0.2, 0.25) is 0 Å². The summed E-state index contributed by atoms with van der Waals surface area (Å²) in [5.41, 5.74) is 0.768. The third-order valence-corrected chi connectivity index (χ3v) is 3.59. The average molecular weight is 362 g/mol. The minimum atomic E-state index is -0.465. The van der Waals surface area contributed by atoms with Crippen molar-refractivity contribution in [3.63, 3.8) is 0 Å². The van der Waals surface area contributed by atoms with Gasteiger partial charge in [0.25, 0.3) is 5.91 Å². The highest BCUT2D eigenvalue weighted by molar-refractivity contribution is 6.01. The van der Waals surface area contributed by atoms with E-state index in [0.717, 1.165) is 0 Å².